The number of halogens is 1. The number of allylic oxidation sites excluding steroid dienone is 2. The van der Waals surface area contributed by atoms with E-state index in [1.165, 1.54) is 4.90 Å². The summed E-state index contributed by atoms with van der Waals surface area (Å²) in [5.41, 5.74) is 1.81. The topological polar surface area (TPSA) is 114 Å². The van der Waals surface area contributed by atoms with Gasteiger partial charge in [-0.3, -0.25) is 19.8 Å². The summed E-state index contributed by atoms with van der Waals surface area (Å²) in [5.74, 6) is -0.156. The van der Waals surface area contributed by atoms with E-state index in [9.17, 15) is 19.3 Å². The molecule has 0 saturated heterocycles. The Labute approximate surface area is 188 Å². The van der Waals surface area contributed by atoms with Crippen molar-refractivity contribution in [3.63, 3.8) is 0 Å². The van der Waals surface area contributed by atoms with Crippen LogP contribution < -0.4 is 15.0 Å². The van der Waals surface area contributed by atoms with E-state index in [2.05, 4.69) is 15.3 Å². The van der Waals surface area contributed by atoms with Crippen molar-refractivity contribution in [3.8, 4) is 5.75 Å². The number of rotatable bonds is 7. The summed E-state index contributed by atoms with van der Waals surface area (Å²) >= 11 is 0. The Morgan fingerprint density at radius 2 is 2.12 bits per heavy atom. The molecular formula is C22H21FN6O4. The van der Waals surface area contributed by atoms with E-state index < -0.39 is 16.4 Å². The quantitative estimate of drug-likeness (QED) is 0.382. The number of ether oxygens (including phenoxy) is 1. The number of aromatic nitrogens is 2. The van der Waals surface area contributed by atoms with E-state index >= 15 is 0 Å². The molecule has 0 aliphatic carbocycles. The molecule has 0 unspecified atom stereocenters. The summed E-state index contributed by atoms with van der Waals surface area (Å²) in [6, 6.07) is 2.03. The molecule has 3 heterocycles. The molecule has 33 heavy (non-hydrogen) atoms. The van der Waals surface area contributed by atoms with Crippen molar-refractivity contribution in [2.45, 2.75) is 26.9 Å². The van der Waals surface area contributed by atoms with Crippen LogP contribution in [0.1, 0.15) is 19.4 Å². The maximum Gasteiger partial charge on any atom is 0.307 e. The Morgan fingerprint density at radius 1 is 1.33 bits per heavy atom. The maximum absolute atomic E-state index is 14.2. The average molecular weight is 452 g/mol. The Morgan fingerprint density at radius 3 is 2.82 bits per heavy atom. The van der Waals surface area contributed by atoms with Crippen LogP contribution in [0.25, 0.3) is 0 Å². The summed E-state index contributed by atoms with van der Waals surface area (Å²) < 4.78 is 19.8. The summed E-state index contributed by atoms with van der Waals surface area (Å²) in [6.45, 7) is 5.87. The molecule has 0 spiro atoms. The predicted molar refractivity (Wildman–Crippen MR) is 119 cm³/mol. The lowest BCUT2D eigenvalue weighted by Gasteiger charge is -2.26. The fourth-order valence-corrected chi connectivity index (χ4v) is 3.55. The SMILES string of the molecule is Cc1cnc(Nc2cc([N+](=O)[O-])c(F)cc2OC(C)C)nc1N1CC=C2C1=CC=CN2C=O. The Bertz CT molecular complexity index is 1220. The van der Waals surface area contributed by atoms with Gasteiger partial charge in [-0.15, -0.1) is 0 Å². The van der Waals surface area contributed by atoms with E-state index in [0.29, 0.717) is 12.4 Å². The number of nitrogens with zero attached hydrogens (tertiary/aromatic N) is 5. The van der Waals surface area contributed by atoms with Gasteiger partial charge in [-0.1, -0.05) is 0 Å². The molecule has 1 aromatic carbocycles. The molecule has 1 N–H and O–H groups in total. The monoisotopic (exact) mass is 452 g/mol. The van der Waals surface area contributed by atoms with Crippen LogP contribution in [0.15, 0.2) is 54.2 Å². The van der Waals surface area contributed by atoms with Crippen molar-refractivity contribution in [2.75, 3.05) is 16.8 Å². The highest BCUT2D eigenvalue weighted by molar-refractivity contribution is 5.70. The molecule has 1 amide bonds. The molecule has 1 aromatic heterocycles. The predicted octanol–water partition coefficient (Wildman–Crippen LogP) is 3.94. The van der Waals surface area contributed by atoms with E-state index in [0.717, 1.165) is 35.5 Å². The van der Waals surface area contributed by atoms with Crippen molar-refractivity contribution < 1.29 is 18.8 Å². The second-order valence-electron chi connectivity index (χ2n) is 7.65. The molecule has 4 rings (SSSR count). The number of nitrogens with one attached hydrogen (secondary N) is 1. The normalized spacial score (nSPS) is 14.7. The van der Waals surface area contributed by atoms with Gasteiger partial charge in [-0.2, -0.15) is 9.37 Å². The van der Waals surface area contributed by atoms with Gasteiger partial charge in [0.25, 0.3) is 0 Å². The van der Waals surface area contributed by atoms with Gasteiger partial charge in [0.1, 0.15) is 11.6 Å². The van der Waals surface area contributed by atoms with E-state index in [-0.39, 0.29) is 23.5 Å². The average Bonchev–Trinajstić information content (AvgIpc) is 3.20. The summed E-state index contributed by atoms with van der Waals surface area (Å²) in [4.78, 5) is 34.0. The second kappa shape index (κ2) is 8.69. The van der Waals surface area contributed by atoms with Crippen LogP contribution in [0.2, 0.25) is 0 Å². The molecule has 0 fully saturated rings. The molecule has 0 atom stereocenters. The first-order valence-electron chi connectivity index (χ1n) is 10.1. The lowest BCUT2D eigenvalue weighted by molar-refractivity contribution is -0.387. The van der Waals surface area contributed by atoms with Gasteiger partial charge in [0, 0.05) is 36.6 Å². The van der Waals surface area contributed by atoms with Crippen molar-refractivity contribution in [3.05, 3.63) is 75.6 Å². The zero-order valence-electron chi connectivity index (χ0n) is 18.2. The van der Waals surface area contributed by atoms with Gasteiger partial charge >= 0.3 is 5.69 Å². The Kier molecular flexibility index (Phi) is 5.78. The Hall–Kier alpha value is -4.28. The summed E-state index contributed by atoms with van der Waals surface area (Å²) in [6.07, 6.45) is 9.28. The number of amides is 1. The first kappa shape index (κ1) is 21.9. The second-order valence-corrected chi connectivity index (χ2v) is 7.65. The fraction of sp³-hybridized carbons (Fsp3) is 0.227. The van der Waals surface area contributed by atoms with Gasteiger partial charge in [-0.25, -0.2) is 4.98 Å². The minimum atomic E-state index is -1.00. The highest BCUT2D eigenvalue weighted by Gasteiger charge is 2.28. The largest absolute Gasteiger partial charge is 0.489 e. The van der Waals surface area contributed by atoms with Crippen LogP contribution in [0, 0.1) is 22.9 Å². The van der Waals surface area contributed by atoms with Crippen LogP contribution in [0.5, 0.6) is 5.75 Å². The number of anilines is 3. The van der Waals surface area contributed by atoms with E-state index in [4.69, 9.17) is 4.74 Å². The van der Waals surface area contributed by atoms with Gasteiger partial charge in [0.2, 0.25) is 18.2 Å². The summed E-state index contributed by atoms with van der Waals surface area (Å²) in [5, 5.41) is 14.2. The first-order valence-corrected chi connectivity index (χ1v) is 10.1. The molecule has 11 heteroatoms. The highest BCUT2D eigenvalue weighted by atomic mass is 19.1. The Balaban J connectivity index is 1.69. The molecule has 0 bridgehead atoms. The van der Waals surface area contributed by atoms with Crippen molar-refractivity contribution in [1.82, 2.24) is 14.9 Å². The van der Waals surface area contributed by atoms with Crippen LogP contribution in [-0.4, -0.2) is 38.8 Å². The van der Waals surface area contributed by atoms with Crippen molar-refractivity contribution in [1.29, 1.82) is 0 Å². The third-order valence-corrected chi connectivity index (χ3v) is 4.97. The smallest absolute Gasteiger partial charge is 0.307 e. The fourth-order valence-electron chi connectivity index (χ4n) is 3.55. The number of carbonyl (C=O) groups is 1. The molecule has 10 nitrogen and oxygen atoms in total. The number of nitro groups is 1. The van der Waals surface area contributed by atoms with Gasteiger partial charge in [0.15, 0.2) is 0 Å². The molecule has 0 radical (unpaired) electrons. The van der Waals surface area contributed by atoms with Gasteiger partial charge in [0.05, 0.1) is 28.1 Å². The van der Waals surface area contributed by atoms with Gasteiger partial charge in [-0.05, 0) is 39.0 Å². The standard InChI is InChI=1S/C22H21FN6O4/c1-13(2)33-20-9-15(23)19(29(31)32)10-16(20)25-22-24-11-14(3)21(26-22)28-8-6-17-18(28)5-4-7-27(17)12-30/h4-7,9-13H,8H2,1-3H3,(H,24,25,26). The van der Waals surface area contributed by atoms with E-state index in [1.807, 2.05) is 24.0 Å². The summed E-state index contributed by atoms with van der Waals surface area (Å²) in [7, 11) is 0. The van der Waals surface area contributed by atoms with Crippen LogP contribution >= 0.6 is 0 Å². The number of hydrogen-bond acceptors (Lipinski definition) is 8. The number of fused-ring (bicyclic) bond motifs is 1. The van der Waals surface area contributed by atoms with Gasteiger partial charge < -0.3 is 15.0 Å². The number of carbonyl (C=O) groups excluding carboxylic acids is 1. The zero-order valence-corrected chi connectivity index (χ0v) is 18.2. The number of aryl methyl sites for hydroxylation is 1. The van der Waals surface area contributed by atoms with Crippen LogP contribution in [0.3, 0.4) is 0 Å². The molecule has 2 aromatic rings. The highest BCUT2D eigenvalue weighted by Crippen LogP contribution is 2.36. The van der Waals surface area contributed by atoms with Crippen LogP contribution in [0.4, 0.5) is 27.5 Å². The van der Waals surface area contributed by atoms with E-state index in [1.54, 1.807) is 32.3 Å². The first-order chi connectivity index (χ1) is 15.8. The maximum atomic E-state index is 14.2. The van der Waals surface area contributed by atoms with Crippen molar-refractivity contribution >= 4 is 29.6 Å². The zero-order chi connectivity index (χ0) is 23.7. The number of benzene rings is 1. The minimum absolute atomic E-state index is 0.103. The number of nitro benzene ring substituents is 1. The third kappa shape index (κ3) is 4.25. The molecule has 0 saturated carbocycles. The molecule has 2 aliphatic rings. The van der Waals surface area contributed by atoms with Crippen LogP contribution in [-0.2, 0) is 4.79 Å². The minimum Gasteiger partial charge on any atom is -0.489 e. The third-order valence-electron chi connectivity index (χ3n) is 4.97. The molecular weight excluding hydrogens is 431 g/mol. The lowest BCUT2D eigenvalue weighted by atomic mass is 10.2. The van der Waals surface area contributed by atoms with Crippen molar-refractivity contribution in [2.24, 2.45) is 0 Å². The molecule has 170 valence electrons. The lowest BCUT2D eigenvalue weighted by Crippen LogP contribution is -2.25. The number of hydrogen-bond donors (Lipinski definition) is 1. The molecule has 2 aliphatic heterocycles.